The van der Waals surface area contributed by atoms with E-state index in [0.29, 0.717) is 35.0 Å². The van der Waals surface area contributed by atoms with Gasteiger partial charge in [-0.2, -0.15) is 5.26 Å². The summed E-state index contributed by atoms with van der Waals surface area (Å²) in [6.45, 7) is 2.22. The van der Waals surface area contributed by atoms with Gasteiger partial charge in [0.15, 0.2) is 0 Å². The van der Waals surface area contributed by atoms with Gasteiger partial charge in [0.2, 0.25) is 11.8 Å². The molecule has 0 unspecified atom stereocenters. The summed E-state index contributed by atoms with van der Waals surface area (Å²) in [6, 6.07) is 9.70. The highest BCUT2D eigenvalue weighted by Crippen LogP contribution is 2.37. The molecule has 4 rings (SSSR count). The molecule has 0 saturated carbocycles. The zero-order chi connectivity index (χ0) is 23.2. The number of amides is 2. The molecule has 7 nitrogen and oxygen atoms in total. The number of hydrogen-bond acceptors (Lipinski definition) is 6. The van der Waals surface area contributed by atoms with Crippen LogP contribution in [0.2, 0.25) is 0 Å². The lowest BCUT2D eigenvalue weighted by Gasteiger charge is -2.31. The first-order chi connectivity index (χ1) is 16.1. The third-order valence-corrected chi connectivity index (χ3v) is 7.72. The fourth-order valence-electron chi connectivity index (χ4n) is 4.62. The van der Waals surface area contributed by atoms with Crippen LogP contribution in [0.5, 0.6) is 5.75 Å². The number of hydrogen-bond donors (Lipinski definition) is 2. The maximum atomic E-state index is 12.7. The quantitative estimate of drug-likeness (QED) is 0.638. The first kappa shape index (κ1) is 23.3. The highest BCUT2D eigenvalue weighted by atomic mass is 32.1. The fraction of sp³-hybridized carbons (Fsp3) is 0.480. The topological polar surface area (TPSA) is 94.5 Å². The number of methoxy groups -OCH3 is 1. The lowest BCUT2D eigenvalue weighted by molar-refractivity contribution is -0.121. The monoisotopic (exact) mass is 466 g/mol. The maximum Gasteiger partial charge on any atom is 0.227 e. The average molecular weight is 467 g/mol. The van der Waals surface area contributed by atoms with Crippen molar-refractivity contribution in [3.8, 4) is 11.8 Å². The van der Waals surface area contributed by atoms with Gasteiger partial charge in [-0.25, -0.2) is 0 Å². The second-order valence-electron chi connectivity index (χ2n) is 8.63. The number of aryl methyl sites for hydroxylation is 1. The Morgan fingerprint density at radius 1 is 1.18 bits per heavy atom. The van der Waals surface area contributed by atoms with Gasteiger partial charge in [0.05, 0.1) is 18.4 Å². The van der Waals surface area contributed by atoms with Crippen LogP contribution in [0.1, 0.15) is 48.1 Å². The molecule has 1 aliphatic carbocycles. The Labute approximate surface area is 198 Å². The number of thiophene rings is 1. The lowest BCUT2D eigenvalue weighted by atomic mass is 9.95. The minimum absolute atomic E-state index is 0.0163. The van der Waals surface area contributed by atoms with E-state index in [1.807, 2.05) is 24.3 Å². The molecule has 174 valence electrons. The number of fused-ring (bicyclic) bond motifs is 1. The number of carbonyl (C=O) groups excluding carboxylic acids is 2. The first-order valence-corrected chi connectivity index (χ1v) is 12.4. The predicted molar refractivity (Wildman–Crippen MR) is 130 cm³/mol. The number of ether oxygens (including phenoxy) is 1. The summed E-state index contributed by atoms with van der Waals surface area (Å²) in [5.41, 5.74) is 2.48. The van der Waals surface area contributed by atoms with Crippen molar-refractivity contribution in [3.05, 3.63) is 40.3 Å². The highest BCUT2D eigenvalue weighted by molar-refractivity contribution is 7.16. The Morgan fingerprint density at radius 3 is 2.70 bits per heavy atom. The van der Waals surface area contributed by atoms with Crippen LogP contribution >= 0.6 is 11.3 Å². The van der Waals surface area contributed by atoms with E-state index in [2.05, 4.69) is 21.6 Å². The number of likely N-dealkylation sites (tertiary alicyclic amines) is 1. The molecular formula is C25H30N4O3S. The van der Waals surface area contributed by atoms with E-state index in [9.17, 15) is 14.9 Å². The van der Waals surface area contributed by atoms with Crippen molar-refractivity contribution in [2.75, 3.05) is 37.4 Å². The van der Waals surface area contributed by atoms with Crippen molar-refractivity contribution in [1.29, 1.82) is 5.26 Å². The van der Waals surface area contributed by atoms with Crippen LogP contribution in [-0.2, 0) is 22.4 Å². The molecule has 2 N–H and O–H groups in total. The SMILES string of the molecule is COc1ccccc1NC(=O)C1CCN(CCC(=O)Nc2sc3c(c2C#N)CCCC3)CC1. The normalized spacial score (nSPS) is 16.5. The van der Waals surface area contributed by atoms with E-state index >= 15 is 0 Å². The number of rotatable bonds is 7. The van der Waals surface area contributed by atoms with Crippen molar-refractivity contribution in [1.82, 2.24) is 4.90 Å². The van der Waals surface area contributed by atoms with E-state index in [0.717, 1.165) is 57.2 Å². The number of nitriles is 1. The molecule has 0 bridgehead atoms. The number of anilines is 2. The summed E-state index contributed by atoms with van der Waals surface area (Å²) in [6.07, 6.45) is 6.11. The smallest absolute Gasteiger partial charge is 0.227 e. The van der Waals surface area contributed by atoms with Gasteiger partial charge < -0.3 is 20.3 Å². The molecule has 2 aromatic rings. The van der Waals surface area contributed by atoms with Crippen molar-refractivity contribution >= 4 is 33.8 Å². The van der Waals surface area contributed by atoms with Gasteiger partial charge in [-0.1, -0.05) is 12.1 Å². The van der Waals surface area contributed by atoms with Crippen LogP contribution < -0.4 is 15.4 Å². The van der Waals surface area contributed by atoms with Crippen molar-refractivity contribution < 1.29 is 14.3 Å². The average Bonchev–Trinajstić information content (AvgIpc) is 3.20. The molecule has 2 amide bonds. The molecule has 1 fully saturated rings. The summed E-state index contributed by atoms with van der Waals surface area (Å²) >= 11 is 1.56. The number of nitrogens with one attached hydrogen (secondary N) is 2. The zero-order valence-corrected chi connectivity index (χ0v) is 19.8. The molecule has 1 saturated heterocycles. The van der Waals surface area contributed by atoms with Crippen LogP contribution in [-0.4, -0.2) is 43.5 Å². The van der Waals surface area contributed by atoms with Gasteiger partial charge in [0.1, 0.15) is 16.8 Å². The summed E-state index contributed by atoms with van der Waals surface area (Å²) in [7, 11) is 1.59. The van der Waals surface area contributed by atoms with Crippen molar-refractivity contribution in [2.24, 2.45) is 5.92 Å². The van der Waals surface area contributed by atoms with Gasteiger partial charge in [-0.15, -0.1) is 11.3 Å². The Morgan fingerprint density at radius 2 is 1.94 bits per heavy atom. The fourth-order valence-corrected chi connectivity index (χ4v) is 5.88. The molecule has 0 radical (unpaired) electrons. The molecule has 0 atom stereocenters. The zero-order valence-electron chi connectivity index (χ0n) is 19.0. The van der Waals surface area contributed by atoms with Crippen LogP contribution in [0.15, 0.2) is 24.3 Å². The molecule has 1 aliphatic heterocycles. The predicted octanol–water partition coefficient (Wildman–Crippen LogP) is 4.19. The van der Waals surface area contributed by atoms with Gasteiger partial charge in [0, 0.05) is 23.8 Å². The summed E-state index contributed by atoms with van der Waals surface area (Å²) in [4.78, 5) is 28.7. The number of carbonyl (C=O) groups is 2. The van der Waals surface area contributed by atoms with Crippen molar-refractivity contribution in [2.45, 2.75) is 44.9 Å². The Hall–Kier alpha value is -2.89. The van der Waals surface area contributed by atoms with E-state index in [1.54, 1.807) is 18.4 Å². The number of para-hydroxylation sites is 2. The third kappa shape index (κ3) is 5.55. The van der Waals surface area contributed by atoms with E-state index in [1.165, 1.54) is 4.88 Å². The van der Waals surface area contributed by atoms with Gasteiger partial charge >= 0.3 is 0 Å². The number of piperidine rings is 1. The number of nitrogens with zero attached hydrogens (tertiary/aromatic N) is 2. The molecular weight excluding hydrogens is 436 g/mol. The highest BCUT2D eigenvalue weighted by Gasteiger charge is 2.26. The summed E-state index contributed by atoms with van der Waals surface area (Å²) < 4.78 is 5.31. The third-order valence-electron chi connectivity index (χ3n) is 6.51. The number of benzene rings is 1. The second-order valence-corrected chi connectivity index (χ2v) is 9.74. The molecule has 8 heteroatoms. The van der Waals surface area contributed by atoms with Crippen LogP contribution in [0.3, 0.4) is 0 Å². The van der Waals surface area contributed by atoms with Gasteiger partial charge in [0.25, 0.3) is 0 Å². The molecule has 1 aromatic carbocycles. The molecule has 33 heavy (non-hydrogen) atoms. The van der Waals surface area contributed by atoms with Crippen molar-refractivity contribution in [3.63, 3.8) is 0 Å². The maximum absolute atomic E-state index is 12.7. The Kier molecular flexibility index (Phi) is 7.63. The molecule has 2 aliphatic rings. The standard InChI is InChI=1S/C25H30N4O3S/c1-32-21-8-4-3-7-20(21)27-24(31)17-10-13-29(14-11-17)15-12-23(30)28-25-19(16-26)18-6-2-5-9-22(18)33-25/h3-4,7-8,17H,2,5-6,9-15H2,1H3,(H,27,31)(H,28,30). The van der Waals surface area contributed by atoms with Gasteiger partial charge in [-0.3, -0.25) is 9.59 Å². The summed E-state index contributed by atoms with van der Waals surface area (Å²) in [5, 5.41) is 16.2. The largest absolute Gasteiger partial charge is 0.495 e. The van der Waals surface area contributed by atoms with Gasteiger partial charge in [-0.05, 0) is 69.3 Å². The minimum atomic E-state index is -0.0545. The Bertz CT molecular complexity index is 1050. The molecule has 2 heterocycles. The molecule has 0 spiro atoms. The minimum Gasteiger partial charge on any atom is -0.495 e. The second kappa shape index (κ2) is 10.8. The van der Waals surface area contributed by atoms with E-state index in [-0.39, 0.29) is 17.7 Å². The summed E-state index contributed by atoms with van der Waals surface area (Å²) in [5.74, 6) is 0.569. The van der Waals surface area contributed by atoms with Crippen LogP contribution in [0, 0.1) is 17.2 Å². The molecule has 1 aromatic heterocycles. The first-order valence-electron chi connectivity index (χ1n) is 11.6. The lowest BCUT2D eigenvalue weighted by Crippen LogP contribution is -2.39. The van der Waals surface area contributed by atoms with E-state index in [4.69, 9.17) is 4.74 Å². The van der Waals surface area contributed by atoms with Crippen LogP contribution in [0.4, 0.5) is 10.7 Å². The van der Waals surface area contributed by atoms with Crippen LogP contribution in [0.25, 0.3) is 0 Å². The Balaban J connectivity index is 1.23. The van der Waals surface area contributed by atoms with E-state index < -0.39 is 0 Å².